The number of aliphatic imine (C=N–C) groups is 1. The molecule has 2 aliphatic rings. The molecule has 2 rings (SSSR count). The smallest absolute Gasteiger partial charge is 0.170 e. The summed E-state index contributed by atoms with van der Waals surface area (Å²) in [4.78, 5) is 6.21. The average Bonchev–Trinajstić information content (AvgIpc) is 2.19. The second kappa shape index (κ2) is 4.57. The highest BCUT2D eigenvalue weighted by molar-refractivity contribution is 5.57. The molecule has 1 saturated heterocycles. The topological polar surface area (TPSA) is 39.7 Å². The van der Waals surface area contributed by atoms with E-state index < -0.39 is 0 Å². The highest BCUT2D eigenvalue weighted by Gasteiger charge is 2.19. The molecule has 0 aromatic heterocycles. The molecule has 0 aromatic rings. The Morgan fingerprint density at radius 1 is 1.64 bits per heavy atom. The molecule has 4 heteroatoms. The lowest BCUT2D eigenvalue weighted by Gasteiger charge is -2.32. The quantitative estimate of drug-likeness (QED) is 0.649. The van der Waals surface area contributed by atoms with Gasteiger partial charge in [-0.1, -0.05) is 0 Å². The van der Waals surface area contributed by atoms with Crippen LogP contribution >= 0.6 is 0 Å². The maximum atomic E-state index is 3.84. The monoisotopic (exact) mass is 193 g/mol. The number of piperidine rings is 1. The van der Waals surface area contributed by atoms with Crippen LogP contribution in [0.2, 0.25) is 0 Å². The molecule has 2 heterocycles. The van der Waals surface area contributed by atoms with Crippen LogP contribution in [0.15, 0.2) is 17.3 Å². The van der Waals surface area contributed by atoms with E-state index >= 15 is 0 Å². The third-order valence-electron chi connectivity index (χ3n) is 2.68. The van der Waals surface area contributed by atoms with Gasteiger partial charge < -0.3 is 10.2 Å². The van der Waals surface area contributed by atoms with Gasteiger partial charge in [0, 0.05) is 18.8 Å². The summed E-state index contributed by atoms with van der Waals surface area (Å²) in [6.45, 7) is 2.35. The number of likely N-dealkylation sites (tertiary alicyclic amines) is 1. The predicted octanol–water partition coefficient (Wildman–Crippen LogP) is 0.0185. The third kappa shape index (κ3) is 2.56. The summed E-state index contributed by atoms with van der Waals surface area (Å²) >= 11 is 0. The Bertz CT molecular complexity index is 236. The normalized spacial score (nSPS) is 32.9. The van der Waals surface area contributed by atoms with E-state index in [9.17, 15) is 0 Å². The molecule has 4 nitrogen and oxygen atoms in total. The molecule has 0 amide bonds. The van der Waals surface area contributed by atoms with Crippen LogP contribution in [0.25, 0.3) is 0 Å². The van der Waals surface area contributed by atoms with Gasteiger partial charge in [-0.2, -0.15) is 0 Å². The Labute approximate surface area is 85.1 Å². The second-order valence-corrected chi connectivity index (χ2v) is 3.97. The molecule has 2 unspecified atom stereocenters. The van der Waals surface area contributed by atoms with E-state index in [0.717, 1.165) is 6.54 Å². The molecule has 2 N–H and O–H groups in total. The van der Waals surface area contributed by atoms with Gasteiger partial charge in [0.1, 0.15) is 0 Å². The summed E-state index contributed by atoms with van der Waals surface area (Å²) in [5.41, 5.74) is 0. The van der Waals surface area contributed by atoms with Crippen LogP contribution < -0.4 is 10.6 Å². The van der Waals surface area contributed by atoms with Crippen molar-refractivity contribution in [3.63, 3.8) is 0 Å². The van der Waals surface area contributed by atoms with Gasteiger partial charge in [-0.15, -0.1) is 0 Å². The molecule has 0 saturated carbocycles. The summed E-state index contributed by atoms with van der Waals surface area (Å²) in [5.74, 6) is 0. The number of nitrogens with zero attached hydrogens (tertiary/aromatic N) is 2. The van der Waals surface area contributed by atoms with Gasteiger partial charge in [-0.05, 0) is 32.5 Å². The molecule has 0 aromatic carbocycles. The van der Waals surface area contributed by atoms with Crippen molar-refractivity contribution in [1.82, 2.24) is 15.5 Å². The van der Waals surface area contributed by atoms with E-state index in [4.69, 9.17) is 0 Å². The molecule has 77 valence electrons. The Hall–Kier alpha value is -0.870. The van der Waals surface area contributed by atoms with Crippen LogP contribution in [-0.4, -0.2) is 43.6 Å². The van der Waals surface area contributed by atoms with Crippen molar-refractivity contribution in [3.05, 3.63) is 12.3 Å². The van der Waals surface area contributed by atoms with Crippen LogP contribution in [0.5, 0.6) is 0 Å². The summed E-state index contributed by atoms with van der Waals surface area (Å²) < 4.78 is 0. The fourth-order valence-electron chi connectivity index (χ4n) is 1.97. The molecule has 0 bridgehead atoms. The van der Waals surface area contributed by atoms with Crippen molar-refractivity contribution in [2.75, 3.05) is 20.1 Å². The molecule has 1 fully saturated rings. The maximum Gasteiger partial charge on any atom is 0.170 e. The minimum atomic E-state index is 0.198. The number of likely N-dealkylation sites (N-methyl/N-ethyl adjacent to an activating group) is 1. The largest absolute Gasteiger partial charge is 0.348 e. The first-order valence-corrected chi connectivity index (χ1v) is 5.16. The zero-order chi connectivity index (χ0) is 9.80. The van der Waals surface area contributed by atoms with E-state index in [-0.39, 0.29) is 6.17 Å². The minimum Gasteiger partial charge on any atom is -0.348 e. The van der Waals surface area contributed by atoms with Gasteiger partial charge in [0.05, 0.1) is 6.17 Å². The Morgan fingerprint density at radius 2 is 2.57 bits per heavy atom. The fraction of sp³-hybridized carbons (Fsp3) is 0.700. The Balaban J connectivity index is 1.79. The molecule has 0 spiro atoms. The highest BCUT2D eigenvalue weighted by Crippen LogP contribution is 2.08. The SMILES string of the molecule is CN1CCCC(NC2C=CN=[C]N2)C1. The summed E-state index contributed by atoms with van der Waals surface area (Å²) in [6, 6.07) is 0.579. The zero-order valence-corrected chi connectivity index (χ0v) is 8.53. The Kier molecular flexibility index (Phi) is 3.16. The second-order valence-electron chi connectivity index (χ2n) is 3.97. The van der Waals surface area contributed by atoms with Gasteiger partial charge in [-0.3, -0.25) is 5.32 Å². The van der Waals surface area contributed by atoms with Crippen LogP contribution in [0, 0.1) is 0 Å². The molecular formula is C10H17N4. The lowest BCUT2D eigenvalue weighted by molar-refractivity contribution is 0.219. The molecule has 2 atom stereocenters. The molecule has 0 aliphatic carbocycles. The van der Waals surface area contributed by atoms with E-state index in [1.165, 1.54) is 19.4 Å². The zero-order valence-electron chi connectivity index (χ0n) is 8.53. The molecule has 1 radical (unpaired) electrons. The van der Waals surface area contributed by atoms with Crippen molar-refractivity contribution in [1.29, 1.82) is 0 Å². The standard InChI is InChI=1S/C10H17N4/c1-14-6-2-3-9(7-14)13-10-4-5-11-8-12-10/h4-5,9-10,13H,2-3,6-7H2,1H3,(H,11,12). The predicted molar refractivity (Wildman–Crippen MR) is 57.2 cm³/mol. The molecule has 2 aliphatic heterocycles. The van der Waals surface area contributed by atoms with Crippen molar-refractivity contribution >= 4 is 6.34 Å². The van der Waals surface area contributed by atoms with Crippen molar-refractivity contribution in [2.45, 2.75) is 25.0 Å². The molecule has 14 heavy (non-hydrogen) atoms. The van der Waals surface area contributed by atoms with Gasteiger partial charge in [-0.25, -0.2) is 4.99 Å². The lowest BCUT2D eigenvalue weighted by Crippen LogP contribution is -2.52. The van der Waals surface area contributed by atoms with Crippen LogP contribution in [0.3, 0.4) is 0 Å². The fourth-order valence-corrected chi connectivity index (χ4v) is 1.97. The van der Waals surface area contributed by atoms with E-state index in [2.05, 4.69) is 33.9 Å². The van der Waals surface area contributed by atoms with Crippen LogP contribution in [0.1, 0.15) is 12.8 Å². The maximum absolute atomic E-state index is 3.84. The van der Waals surface area contributed by atoms with Gasteiger partial charge >= 0.3 is 0 Å². The number of hydrogen-bond donors (Lipinski definition) is 2. The van der Waals surface area contributed by atoms with Crippen LogP contribution in [0.4, 0.5) is 0 Å². The Morgan fingerprint density at radius 3 is 3.29 bits per heavy atom. The van der Waals surface area contributed by atoms with Crippen molar-refractivity contribution in [3.8, 4) is 0 Å². The summed E-state index contributed by atoms with van der Waals surface area (Å²) in [7, 11) is 2.17. The number of nitrogens with one attached hydrogen (secondary N) is 2. The average molecular weight is 193 g/mol. The van der Waals surface area contributed by atoms with Gasteiger partial charge in [0.15, 0.2) is 6.34 Å². The minimum absolute atomic E-state index is 0.198. The van der Waals surface area contributed by atoms with Crippen LogP contribution in [-0.2, 0) is 0 Å². The van der Waals surface area contributed by atoms with Crippen molar-refractivity contribution < 1.29 is 0 Å². The summed E-state index contributed by atoms with van der Waals surface area (Å²) in [6.07, 6.45) is 9.28. The first-order valence-electron chi connectivity index (χ1n) is 5.16. The van der Waals surface area contributed by atoms with Gasteiger partial charge in [0.25, 0.3) is 0 Å². The lowest BCUT2D eigenvalue weighted by atomic mass is 10.1. The van der Waals surface area contributed by atoms with E-state index in [0.29, 0.717) is 6.04 Å². The number of rotatable bonds is 2. The third-order valence-corrected chi connectivity index (χ3v) is 2.68. The highest BCUT2D eigenvalue weighted by atomic mass is 15.2. The first kappa shape index (κ1) is 9.68. The van der Waals surface area contributed by atoms with E-state index in [1.807, 2.05) is 6.08 Å². The van der Waals surface area contributed by atoms with E-state index in [1.54, 1.807) is 6.20 Å². The number of hydrogen-bond acceptors (Lipinski definition) is 4. The summed E-state index contributed by atoms with van der Waals surface area (Å²) in [5, 5.41) is 6.57. The first-order chi connectivity index (χ1) is 6.84. The molecular weight excluding hydrogens is 176 g/mol. The van der Waals surface area contributed by atoms with Gasteiger partial charge in [0.2, 0.25) is 0 Å². The van der Waals surface area contributed by atoms with Crippen molar-refractivity contribution in [2.24, 2.45) is 4.99 Å².